The third-order valence-electron chi connectivity index (χ3n) is 4.25. The molecule has 4 heterocycles. The van der Waals surface area contributed by atoms with Crippen molar-refractivity contribution in [2.75, 3.05) is 36.0 Å². The Morgan fingerprint density at radius 1 is 1.00 bits per heavy atom. The van der Waals surface area contributed by atoms with Gasteiger partial charge < -0.3 is 9.80 Å². The van der Waals surface area contributed by atoms with Crippen LogP contribution >= 0.6 is 0 Å². The van der Waals surface area contributed by atoms with Crippen molar-refractivity contribution in [2.24, 2.45) is 0 Å². The second-order valence-electron chi connectivity index (χ2n) is 6.06. The standard InChI is InChI=1S/C16H16F3N7/c1-11-10-13(26-15(21-11)22-14(23-26)16(17,18)19)25-8-6-24(7-9-25)12-4-2-3-5-20-12/h2-5,10H,6-9H2,1H3. The van der Waals surface area contributed by atoms with E-state index in [-0.39, 0.29) is 5.78 Å². The fraction of sp³-hybridized carbons (Fsp3) is 0.375. The molecule has 0 atom stereocenters. The van der Waals surface area contributed by atoms with E-state index in [0.717, 1.165) is 5.82 Å². The summed E-state index contributed by atoms with van der Waals surface area (Å²) in [6.45, 7) is 4.42. The molecular formula is C16H16F3N7. The highest BCUT2D eigenvalue weighted by molar-refractivity contribution is 5.50. The molecule has 0 aliphatic carbocycles. The number of fused-ring (bicyclic) bond motifs is 1. The molecule has 0 N–H and O–H groups in total. The molecule has 1 fully saturated rings. The minimum atomic E-state index is -4.60. The first-order valence-corrected chi connectivity index (χ1v) is 8.14. The molecular weight excluding hydrogens is 347 g/mol. The lowest BCUT2D eigenvalue weighted by Gasteiger charge is -2.36. The van der Waals surface area contributed by atoms with Crippen LogP contribution in [0.5, 0.6) is 0 Å². The molecule has 3 aromatic rings. The van der Waals surface area contributed by atoms with Crippen molar-refractivity contribution in [1.29, 1.82) is 0 Å². The summed E-state index contributed by atoms with van der Waals surface area (Å²) in [6.07, 6.45) is -2.86. The quantitative estimate of drug-likeness (QED) is 0.695. The number of anilines is 2. The van der Waals surface area contributed by atoms with E-state index < -0.39 is 12.0 Å². The van der Waals surface area contributed by atoms with Gasteiger partial charge in [0.2, 0.25) is 0 Å². The molecule has 0 radical (unpaired) electrons. The van der Waals surface area contributed by atoms with Gasteiger partial charge in [-0.15, -0.1) is 5.10 Å². The maximum absolute atomic E-state index is 12.9. The SMILES string of the molecule is Cc1cc(N2CCN(c3ccccn3)CC2)n2nc(C(F)(F)F)nc2n1. The highest BCUT2D eigenvalue weighted by Crippen LogP contribution is 2.28. The Morgan fingerprint density at radius 3 is 2.38 bits per heavy atom. The smallest absolute Gasteiger partial charge is 0.353 e. The van der Waals surface area contributed by atoms with Gasteiger partial charge in [-0.2, -0.15) is 22.7 Å². The van der Waals surface area contributed by atoms with Crippen molar-refractivity contribution in [3.8, 4) is 0 Å². The molecule has 0 aromatic carbocycles. The van der Waals surface area contributed by atoms with E-state index in [9.17, 15) is 13.2 Å². The van der Waals surface area contributed by atoms with Crippen LogP contribution in [0.1, 0.15) is 11.5 Å². The van der Waals surface area contributed by atoms with Crippen LogP contribution < -0.4 is 9.80 Å². The van der Waals surface area contributed by atoms with Crippen molar-refractivity contribution in [3.05, 3.63) is 42.0 Å². The average Bonchev–Trinajstić information content (AvgIpc) is 3.06. The van der Waals surface area contributed by atoms with Gasteiger partial charge in [0, 0.05) is 44.1 Å². The van der Waals surface area contributed by atoms with Crippen LogP contribution in [0, 0.1) is 6.92 Å². The van der Waals surface area contributed by atoms with Crippen LogP contribution in [0.15, 0.2) is 30.5 Å². The summed E-state index contributed by atoms with van der Waals surface area (Å²) in [6, 6.07) is 7.47. The van der Waals surface area contributed by atoms with E-state index in [1.54, 1.807) is 19.2 Å². The molecule has 0 amide bonds. The van der Waals surface area contributed by atoms with Gasteiger partial charge >= 0.3 is 6.18 Å². The van der Waals surface area contributed by atoms with Crippen molar-refractivity contribution in [3.63, 3.8) is 0 Å². The lowest BCUT2D eigenvalue weighted by molar-refractivity contribution is -0.144. The summed E-state index contributed by atoms with van der Waals surface area (Å²) in [5, 5.41) is 3.63. The average molecular weight is 363 g/mol. The van der Waals surface area contributed by atoms with E-state index in [1.807, 2.05) is 23.1 Å². The van der Waals surface area contributed by atoms with Crippen LogP contribution in [-0.4, -0.2) is 50.7 Å². The van der Waals surface area contributed by atoms with Crippen molar-refractivity contribution in [1.82, 2.24) is 24.6 Å². The Kier molecular flexibility index (Phi) is 3.89. The van der Waals surface area contributed by atoms with Crippen LogP contribution in [0.4, 0.5) is 24.8 Å². The summed E-state index contributed by atoms with van der Waals surface area (Å²) in [4.78, 5) is 16.1. The topological polar surface area (TPSA) is 62.5 Å². The Labute approximate surface area is 147 Å². The van der Waals surface area contributed by atoms with Gasteiger partial charge in [-0.05, 0) is 19.1 Å². The minimum absolute atomic E-state index is 0.0421. The molecule has 1 aliphatic heterocycles. The summed E-state index contributed by atoms with van der Waals surface area (Å²) in [7, 11) is 0. The first-order chi connectivity index (χ1) is 12.4. The largest absolute Gasteiger partial charge is 0.453 e. The molecule has 0 spiro atoms. The molecule has 0 unspecified atom stereocenters. The fourth-order valence-corrected chi connectivity index (χ4v) is 3.02. The number of nitrogens with zero attached hydrogens (tertiary/aromatic N) is 7. The normalized spacial score (nSPS) is 15.7. The number of hydrogen-bond acceptors (Lipinski definition) is 6. The van der Waals surface area contributed by atoms with Crippen molar-refractivity contribution in [2.45, 2.75) is 13.1 Å². The van der Waals surface area contributed by atoms with Crippen LogP contribution in [0.3, 0.4) is 0 Å². The Hall–Kier alpha value is -2.91. The second kappa shape index (κ2) is 6.11. The maximum atomic E-state index is 12.9. The van der Waals surface area contributed by atoms with E-state index in [2.05, 4.69) is 25.0 Å². The van der Waals surface area contributed by atoms with Crippen molar-refractivity contribution < 1.29 is 13.2 Å². The summed E-state index contributed by atoms with van der Waals surface area (Å²) >= 11 is 0. The second-order valence-corrected chi connectivity index (χ2v) is 6.06. The number of hydrogen-bond donors (Lipinski definition) is 0. The van der Waals surface area contributed by atoms with Crippen LogP contribution in [-0.2, 0) is 6.18 Å². The van der Waals surface area contributed by atoms with Crippen LogP contribution in [0.2, 0.25) is 0 Å². The first-order valence-electron chi connectivity index (χ1n) is 8.14. The zero-order valence-corrected chi connectivity index (χ0v) is 14.0. The lowest BCUT2D eigenvalue weighted by atomic mass is 10.3. The van der Waals surface area contributed by atoms with E-state index in [0.29, 0.717) is 37.7 Å². The number of aromatic nitrogens is 5. The molecule has 3 aromatic heterocycles. The predicted octanol–water partition coefficient (Wildman–Crippen LogP) is 2.17. The third kappa shape index (κ3) is 3.02. The Bertz CT molecular complexity index is 915. The van der Waals surface area contributed by atoms with Gasteiger partial charge in [0.25, 0.3) is 11.6 Å². The number of aryl methyl sites for hydroxylation is 1. The first kappa shape index (κ1) is 16.6. The highest BCUT2D eigenvalue weighted by atomic mass is 19.4. The summed E-state index contributed by atoms with van der Waals surface area (Å²) in [5.41, 5.74) is 0.598. The zero-order chi connectivity index (χ0) is 18.3. The Morgan fingerprint density at radius 2 is 1.73 bits per heavy atom. The molecule has 0 bridgehead atoms. The third-order valence-corrected chi connectivity index (χ3v) is 4.25. The molecule has 0 saturated carbocycles. The van der Waals surface area contributed by atoms with Gasteiger partial charge in [-0.1, -0.05) is 6.07 Å². The van der Waals surface area contributed by atoms with Gasteiger partial charge in [0.05, 0.1) is 0 Å². The molecule has 1 saturated heterocycles. The molecule has 4 rings (SSSR count). The van der Waals surface area contributed by atoms with Gasteiger partial charge in [0.1, 0.15) is 11.6 Å². The molecule has 7 nitrogen and oxygen atoms in total. The Balaban J connectivity index is 1.62. The zero-order valence-electron chi connectivity index (χ0n) is 14.0. The molecule has 1 aliphatic rings. The molecule has 10 heteroatoms. The number of piperazine rings is 1. The number of halogens is 3. The van der Waals surface area contributed by atoms with Gasteiger partial charge in [0.15, 0.2) is 0 Å². The molecule has 136 valence electrons. The monoisotopic (exact) mass is 363 g/mol. The molecule has 26 heavy (non-hydrogen) atoms. The number of alkyl halides is 3. The van der Waals surface area contributed by atoms with E-state index in [4.69, 9.17) is 0 Å². The predicted molar refractivity (Wildman–Crippen MR) is 89.2 cm³/mol. The summed E-state index contributed by atoms with van der Waals surface area (Å²) in [5.74, 6) is 0.239. The lowest BCUT2D eigenvalue weighted by Crippen LogP contribution is -2.47. The van der Waals surface area contributed by atoms with Gasteiger partial charge in [-0.25, -0.2) is 9.97 Å². The number of rotatable bonds is 2. The van der Waals surface area contributed by atoms with Crippen molar-refractivity contribution >= 4 is 17.4 Å². The van der Waals surface area contributed by atoms with Crippen LogP contribution in [0.25, 0.3) is 5.78 Å². The number of pyridine rings is 1. The fourth-order valence-electron chi connectivity index (χ4n) is 3.02. The van der Waals surface area contributed by atoms with E-state index in [1.165, 1.54) is 4.52 Å². The highest BCUT2D eigenvalue weighted by Gasteiger charge is 2.37. The maximum Gasteiger partial charge on any atom is 0.453 e. The summed E-state index contributed by atoms with van der Waals surface area (Å²) < 4.78 is 40.0. The van der Waals surface area contributed by atoms with E-state index >= 15 is 0 Å². The van der Waals surface area contributed by atoms with Gasteiger partial charge in [-0.3, -0.25) is 0 Å². The minimum Gasteiger partial charge on any atom is -0.353 e.